The maximum Gasteiger partial charge on any atom is 0.0728 e. The SMILES string of the molecule is CCCNC1CCCCCC1OCCC(C)C. The Morgan fingerprint density at radius 1 is 1.18 bits per heavy atom. The minimum Gasteiger partial charge on any atom is -0.377 e. The molecule has 0 aromatic rings. The second kappa shape index (κ2) is 8.93. The van der Waals surface area contributed by atoms with Gasteiger partial charge in [-0.1, -0.05) is 40.0 Å². The van der Waals surface area contributed by atoms with E-state index in [0.29, 0.717) is 12.1 Å². The van der Waals surface area contributed by atoms with Crippen LogP contribution < -0.4 is 5.32 Å². The molecule has 1 aliphatic carbocycles. The van der Waals surface area contributed by atoms with E-state index in [1.165, 1.54) is 44.9 Å². The topological polar surface area (TPSA) is 21.3 Å². The molecule has 17 heavy (non-hydrogen) atoms. The highest BCUT2D eigenvalue weighted by atomic mass is 16.5. The lowest BCUT2D eigenvalue weighted by atomic mass is 10.1. The first-order valence-corrected chi connectivity index (χ1v) is 7.59. The number of rotatable bonds is 7. The molecule has 1 N–H and O–H groups in total. The van der Waals surface area contributed by atoms with Crippen LogP contribution in [0.1, 0.15) is 65.7 Å². The van der Waals surface area contributed by atoms with Crippen molar-refractivity contribution in [2.75, 3.05) is 13.2 Å². The van der Waals surface area contributed by atoms with Crippen LogP contribution in [0.25, 0.3) is 0 Å². The Bertz CT molecular complexity index is 182. The molecule has 0 aromatic heterocycles. The van der Waals surface area contributed by atoms with Gasteiger partial charge in [-0.2, -0.15) is 0 Å². The van der Waals surface area contributed by atoms with Gasteiger partial charge in [0.1, 0.15) is 0 Å². The van der Waals surface area contributed by atoms with Gasteiger partial charge in [0.05, 0.1) is 6.10 Å². The number of hydrogen-bond donors (Lipinski definition) is 1. The Morgan fingerprint density at radius 2 is 1.94 bits per heavy atom. The summed E-state index contributed by atoms with van der Waals surface area (Å²) in [6.07, 6.45) is 9.51. The third kappa shape index (κ3) is 6.42. The van der Waals surface area contributed by atoms with Crippen LogP contribution in [0.3, 0.4) is 0 Å². The zero-order chi connectivity index (χ0) is 12.5. The van der Waals surface area contributed by atoms with Gasteiger partial charge in [0.15, 0.2) is 0 Å². The van der Waals surface area contributed by atoms with Gasteiger partial charge in [-0.15, -0.1) is 0 Å². The van der Waals surface area contributed by atoms with Crippen molar-refractivity contribution in [1.82, 2.24) is 5.32 Å². The van der Waals surface area contributed by atoms with E-state index < -0.39 is 0 Å². The molecular formula is C15H31NO. The largest absolute Gasteiger partial charge is 0.377 e. The van der Waals surface area contributed by atoms with Gasteiger partial charge in [0.2, 0.25) is 0 Å². The molecule has 2 heteroatoms. The monoisotopic (exact) mass is 241 g/mol. The molecule has 0 aromatic carbocycles. The Balaban J connectivity index is 2.32. The molecule has 1 fully saturated rings. The Labute approximate surface area is 108 Å². The highest BCUT2D eigenvalue weighted by Gasteiger charge is 2.23. The average Bonchev–Trinajstić information content (AvgIpc) is 2.51. The summed E-state index contributed by atoms with van der Waals surface area (Å²) in [5, 5.41) is 3.67. The molecule has 0 heterocycles. The first-order valence-electron chi connectivity index (χ1n) is 7.59. The molecule has 0 amide bonds. The molecule has 102 valence electrons. The fraction of sp³-hybridized carbons (Fsp3) is 1.00. The molecule has 0 radical (unpaired) electrons. The van der Waals surface area contributed by atoms with Crippen LogP contribution in [0.2, 0.25) is 0 Å². The van der Waals surface area contributed by atoms with E-state index in [1.807, 2.05) is 0 Å². The van der Waals surface area contributed by atoms with Crippen LogP contribution in [0, 0.1) is 5.92 Å². The second-order valence-corrected chi connectivity index (χ2v) is 5.79. The number of ether oxygens (including phenoxy) is 1. The molecule has 1 aliphatic rings. The predicted molar refractivity (Wildman–Crippen MR) is 74.4 cm³/mol. The highest BCUT2D eigenvalue weighted by Crippen LogP contribution is 2.21. The summed E-state index contributed by atoms with van der Waals surface area (Å²) in [6.45, 7) is 8.84. The number of nitrogens with one attached hydrogen (secondary N) is 1. The van der Waals surface area contributed by atoms with Crippen LogP contribution in [0.15, 0.2) is 0 Å². The van der Waals surface area contributed by atoms with Gasteiger partial charge >= 0.3 is 0 Å². The standard InChI is InChI=1S/C15H31NO/c1-4-11-16-14-8-6-5-7-9-15(14)17-12-10-13(2)3/h13-16H,4-12H2,1-3H3. The molecule has 0 spiro atoms. The quantitative estimate of drug-likeness (QED) is 0.685. The lowest BCUT2D eigenvalue weighted by molar-refractivity contribution is 0.0169. The van der Waals surface area contributed by atoms with E-state index in [9.17, 15) is 0 Å². The van der Waals surface area contributed by atoms with E-state index in [-0.39, 0.29) is 0 Å². The Hall–Kier alpha value is -0.0800. The van der Waals surface area contributed by atoms with E-state index in [1.54, 1.807) is 0 Å². The third-order valence-electron chi connectivity index (χ3n) is 3.64. The summed E-state index contributed by atoms with van der Waals surface area (Å²) in [4.78, 5) is 0. The van der Waals surface area contributed by atoms with E-state index >= 15 is 0 Å². The lowest BCUT2D eigenvalue weighted by Crippen LogP contribution is -2.41. The summed E-state index contributed by atoms with van der Waals surface area (Å²) in [5.74, 6) is 0.753. The van der Waals surface area contributed by atoms with Crippen molar-refractivity contribution in [2.45, 2.75) is 77.9 Å². The smallest absolute Gasteiger partial charge is 0.0728 e. The van der Waals surface area contributed by atoms with Crippen molar-refractivity contribution in [2.24, 2.45) is 5.92 Å². The zero-order valence-electron chi connectivity index (χ0n) is 12.0. The fourth-order valence-electron chi connectivity index (χ4n) is 2.49. The first kappa shape index (κ1) is 15.0. The van der Waals surface area contributed by atoms with Crippen molar-refractivity contribution >= 4 is 0 Å². The fourth-order valence-corrected chi connectivity index (χ4v) is 2.49. The summed E-state index contributed by atoms with van der Waals surface area (Å²) >= 11 is 0. The second-order valence-electron chi connectivity index (χ2n) is 5.79. The van der Waals surface area contributed by atoms with Crippen molar-refractivity contribution in [3.8, 4) is 0 Å². The van der Waals surface area contributed by atoms with Crippen LogP contribution in [-0.2, 0) is 4.74 Å². The lowest BCUT2D eigenvalue weighted by Gasteiger charge is -2.26. The molecule has 0 bridgehead atoms. The molecule has 2 unspecified atom stereocenters. The summed E-state index contributed by atoms with van der Waals surface area (Å²) < 4.78 is 6.12. The van der Waals surface area contributed by atoms with Gasteiger partial charge in [-0.25, -0.2) is 0 Å². The third-order valence-corrected chi connectivity index (χ3v) is 3.64. The van der Waals surface area contributed by atoms with Gasteiger partial charge in [-0.05, 0) is 38.1 Å². The van der Waals surface area contributed by atoms with Crippen LogP contribution >= 0.6 is 0 Å². The van der Waals surface area contributed by atoms with E-state index in [2.05, 4.69) is 26.1 Å². The number of hydrogen-bond acceptors (Lipinski definition) is 2. The van der Waals surface area contributed by atoms with Crippen molar-refractivity contribution in [3.63, 3.8) is 0 Å². The Kier molecular flexibility index (Phi) is 7.87. The molecule has 0 aliphatic heterocycles. The van der Waals surface area contributed by atoms with Gasteiger partial charge in [0, 0.05) is 12.6 Å². The van der Waals surface area contributed by atoms with Crippen LogP contribution in [-0.4, -0.2) is 25.3 Å². The molecule has 1 saturated carbocycles. The van der Waals surface area contributed by atoms with Gasteiger partial charge < -0.3 is 10.1 Å². The summed E-state index contributed by atoms with van der Waals surface area (Å²) in [7, 11) is 0. The predicted octanol–water partition coefficient (Wildman–Crippen LogP) is 3.75. The highest BCUT2D eigenvalue weighted by molar-refractivity contribution is 4.80. The van der Waals surface area contributed by atoms with Crippen molar-refractivity contribution in [3.05, 3.63) is 0 Å². The summed E-state index contributed by atoms with van der Waals surface area (Å²) in [6, 6.07) is 0.601. The van der Waals surface area contributed by atoms with Crippen LogP contribution in [0.5, 0.6) is 0 Å². The molecule has 2 nitrogen and oxygen atoms in total. The Morgan fingerprint density at radius 3 is 2.65 bits per heavy atom. The maximum absolute atomic E-state index is 6.12. The minimum atomic E-state index is 0.461. The van der Waals surface area contributed by atoms with Gasteiger partial charge in [0.25, 0.3) is 0 Å². The molecule has 2 atom stereocenters. The first-order chi connectivity index (χ1) is 8.24. The average molecular weight is 241 g/mol. The maximum atomic E-state index is 6.12. The van der Waals surface area contributed by atoms with Crippen molar-refractivity contribution in [1.29, 1.82) is 0 Å². The molecule has 0 saturated heterocycles. The summed E-state index contributed by atoms with van der Waals surface area (Å²) in [5.41, 5.74) is 0. The van der Waals surface area contributed by atoms with Crippen molar-refractivity contribution < 1.29 is 4.74 Å². The molecular weight excluding hydrogens is 210 g/mol. The van der Waals surface area contributed by atoms with Crippen LogP contribution in [0.4, 0.5) is 0 Å². The van der Waals surface area contributed by atoms with E-state index in [4.69, 9.17) is 4.74 Å². The van der Waals surface area contributed by atoms with E-state index in [0.717, 1.165) is 19.1 Å². The minimum absolute atomic E-state index is 0.461. The van der Waals surface area contributed by atoms with Gasteiger partial charge in [-0.3, -0.25) is 0 Å². The zero-order valence-corrected chi connectivity index (χ0v) is 12.0. The normalized spacial score (nSPS) is 26.1. The molecule has 1 rings (SSSR count).